The Bertz CT molecular complexity index is 234. The van der Waals surface area contributed by atoms with Crippen LogP contribution in [0.15, 0.2) is 11.1 Å². The third kappa shape index (κ3) is 4.36. The number of allylic oxidation sites excluding steroid dienone is 2. The lowest BCUT2D eigenvalue weighted by Gasteiger charge is -2.24. The molecule has 0 unspecified atom stereocenters. The largest absolute Gasteiger partial charge is 0.0840 e. The smallest absolute Gasteiger partial charge is 0.0237 e. The van der Waals surface area contributed by atoms with E-state index in [1.165, 1.54) is 11.1 Å². The Hall–Kier alpha value is -0.170. The maximum Gasteiger partial charge on any atom is 0.0237 e. The first-order valence-electron chi connectivity index (χ1n) is 5.37. The first-order chi connectivity index (χ1) is 6.16. The molecule has 0 aliphatic carbocycles. The van der Waals surface area contributed by atoms with Crippen LogP contribution < -0.4 is 0 Å². The highest BCUT2D eigenvalue weighted by molar-refractivity contribution is 7.81. The summed E-state index contributed by atoms with van der Waals surface area (Å²) in [7, 11) is 0. The second kappa shape index (κ2) is 5.06. The van der Waals surface area contributed by atoms with Gasteiger partial charge in [-0.15, -0.1) is 0 Å². The Morgan fingerprint density at radius 1 is 1.14 bits per heavy atom. The Labute approximate surface area is 94.8 Å². The Balaban J connectivity index is 4.89. The molecule has 0 saturated heterocycles. The summed E-state index contributed by atoms with van der Waals surface area (Å²) in [6, 6.07) is 0. The van der Waals surface area contributed by atoms with E-state index in [0.717, 1.165) is 11.3 Å². The predicted octanol–water partition coefficient (Wildman–Crippen LogP) is 4.78. The summed E-state index contributed by atoms with van der Waals surface area (Å²) in [5, 5.41) is 0. The Morgan fingerprint density at radius 2 is 1.57 bits per heavy atom. The molecule has 0 spiro atoms. The van der Waals surface area contributed by atoms with Gasteiger partial charge in [0.15, 0.2) is 0 Å². The van der Waals surface area contributed by atoms with Crippen LogP contribution in [-0.4, -0.2) is 4.86 Å². The van der Waals surface area contributed by atoms with Crippen molar-refractivity contribution in [2.24, 2.45) is 11.3 Å². The standard InChI is InChI=1S/C13H24S/c1-9(2)8-11(10(3)4)12(14)13(5,6)7/h9H,8H2,1-7H3. The molecule has 0 aliphatic heterocycles. The van der Waals surface area contributed by atoms with E-state index in [2.05, 4.69) is 48.5 Å². The summed E-state index contributed by atoms with van der Waals surface area (Å²) in [4.78, 5) is 1.13. The van der Waals surface area contributed by atoms with E-state index in [9.17, 15) is 0 Å². The zero-order valence-electron chi connectivity index (χ0n) is 10.7. The van der Waals surface area contributed by atoms with Gasteiger partial charge in [0.1, 0.15) is 0 Å². The maximum atomic E-state index is 5.55. The second-order valence-corrected chi connectivity index (χ2v) is 6.06. The Morgan fingerprint density at radius 3 is 1.79 bits per heavy atom. The fourth-order valence-corrected chi connectivity index (χ4v) is 1.67. The molecule has 0 N–H and O–H groups in total. The van der Waals surface area contributed by atoms with Crippen LogP contribution in [0.5, 0.6) is 0 Å². The lowest BCUT2D eigenvalue weighted by Crippen LogP contribution is -2.21. The molecule has 0 aromatic carbocycles. The normalized spacial score (nSPS) is 11.7. The third-order valence-electron chi connectivity index (χ3n) is 2.17. The Kier molecular flexibility index (Phi) is 5.00. The van der Waals surface area contributed by atoms with Gasteiger partial charge in [0.2, 0.25) is 0 Å². The third-order valence-corrected chi connectivity index (χ3v) is 3.03. The van der Waals surface area contributed by atoms with Gasteiger partial charge < -0.3 is 0 Å². The van der Waals surface area contributed by atoms with Crippen LogP contribution in [-0.2, 0) is 0 Å². The quantitative estimate of drug-likeness (QED) is 0.479. The van der Waals surface area contributed by atoms with Crippen molar-refractivity contribution in [1.82, 2.24) is 0 Å². The zero-order chi connectivity index (χ0) is 11.5. The molecule has 14 heavy (non-hydrogen) atoms. The van der Waals surface area contributed by atoms with Crippen molar-refractivity contribution in [3.63, 3.8) is 0 Å². The monoisotopic (exact) mass is 212 g/mol. The lowest BCUT2D eigenvalue weighted by molar-refractivity contribution is 0.586. The van der Waals surface area contributed by atoms with Crippen molar-refractivity contribution in [2.75, 3.05) is 0 Å². The first kappa shape index (κ1) is 13.8. The highest BCUT2D eigenvalue weighted by Gasteiger charge is 2.21. The second-order valence-electron chi connectivity index (χ2n) is 5.66. The molecule has 0 amide bonds. The molecule has 0 fully saturated rings. The first-order valence-corrected chi connectivity index (χ1v) is 5.78. The predicted molar refractivity (Wildman–Crippen MR) is 69.9 cm³/mol. The van der Waals surface area contributed by atoms with Crippen molar-refractivity contribution in [3.8, 4) is 0 Å². The van der Waals surface area contributed by atoms with Gasteiger partial charge in [0.05, 0.1) is 0 Å². The molecule has 0 rings (SSSR count). The minimum atomic E-state index is 0.122. The number of hydrogen-bond donors (Lipinski definition) is 0. The van der Waals surface area contributed by atoms with Gasteiger partial charge in [0, 0.05) is 4.86 Å². The maximum absolute atomic E-state index is 5.55. The highest BCUT2D eigenvalue weighted by Crippen LogP contribution is 2.27. The molecular formula is C13H24S. The summed E-state index contributed by atoms with van der Waals surface area (Å²) >= 11 is 5.55. The van der Waals surface area contributed by atoms with E-state index in [0.29, 0.717) is 5.92 Å². The molecule has 1 heteroatoms. The van der Waals surface area contributed by atoms with Crippen molar-refractivity contribution in [2.45, 2.75) is 54.9 Å². The minimum Gasteiger partial charge on any atom is -0.0840 e. The average Bonchev–Trinajstić information content (AvgIpc) is 1.96. The molecule has 0 radical (unpaired) electrons. The van der Waals surface area contributed by atoms with Crippen LogP contribution in [0.2, 0.25) is 0 Å². The molecule has 0 nitrogen and oxygen atoms in total. The molecule has 0 atom stereocenters. The van der Waals surface area contributed by atoms with Crippen molar-refractivity contribution in [1.29, 1.82) is 0 Å². The molecule has 0 bridgehead atoms. The van der Waals surface area contributed by atoms with E-state index in [1.807, 2.05) is 0 Å². The van der Waals surface area contributed by atoms with E-state index in [4.69, 9.17) is 12.2 Å². The van der Waals surface area contributed by atoms with Crippen LogP contribution in [0.1, 0.15) is 54.9 Å². The summed E-state index contributed by atoms with van der Waals surface area (Å²) in [5.74, 6) is 0.681. The van der Waals surface area contributed by atoms with Gasteiger partial charge in [-0.2, -0.15) is 0 Å². The summed E-state index contributed by atoms with van der Waals surface area (Å²) < 4.78 is 0. The highest BCUT2D eigenvalue weighted by atomic mass is 32.1. The van der Waals surface area contributed by atoms with Crippen molar-refractivity contribution in [3.05, 3.63) is 11.1 Å². The van der Waals surface area contributed by atoms with Gasteiger partial charge in [-0.3, -0.25) is 0 Å². The van der Waals surface area contributed by atoms with E-state index < -0.39 is 0 Å². The van der Waals surface area contributed by atoms with Crippen molar-refractivity contribution < 1.29 is 0 Å². The van der Waals surface area contributed by atoms with Gasteiger partial charge >= 0.3 is 0 Å². The van der Waals surface area contributed by atoms with E-state index >= 15 is 0 Å². The van der Waals surface area contributed by atoms with Gasteiger partial charge in [-0.1, -0.05) is 52.4 Å². The molecule has 0 heterocycles. The van der Waals surface area contributed by atoms with E-state index in [-0.39, 0.29) is 5.41 Å². The molecule has 0 aliphatic rings. The van der Waals surface area contributed by atoms with Crippen LogP contribution >= 0.6 is 12.2 Å². The fraction of sp³-hybridized carbons (Fsp3) is 0.769. The zero-order valence-corrected chi connectivity index (χ0v) is 11.5. The number of hydrogen-bond acceptors (Lipinski definition) is 1. The van der Waals surface area contributed by atoms with Gasteiger partial charge in [-0.25, -0.2) is 0 Å². The van der Waals surface area contributed by atoms with Crippen LogP contribution in [0.25, 0.3) is 0 Å². The molecular weight excluding hydrogens is 188 g/mol. The van der Waals surface area contributed by atoms with Crippen LogP contribution in [0.4, 0.5) is 0 Å². The molecule has 0 aromatic rings. The van der Waals surface area contributed by atoms with Crippen LogP contribution in [0.3, 0.4) is 0 Å². The van der Waals surface area contributed by atoms with Gasteiger partial charge in [-0.05, 0) is 37.2 Å². The van der Waals surface area contributed by atoms with Crippen molar-refractivity contribution >= 4 is 17.1 Å². The lowest BCUT2D eigenvalue weighted by atomic mass is 9.83. The summed E-state index contributed by atoms with van der Waals surface area (Å²) in [5.41, 5.74) is 2.89. The average molecular weight is 212 g/mol. The van der Waals surface area contributed by atoms with Gasteiger partial charge in [0.25, 0.3) is 0 Å². The summed E-state index contributed by atoms with van der Waals surface area (Å²) in [6.07, 6.45) is 1.11. The topological polar surface area (TPSA) is 0 Å². The fourth-order valence-electron chi connectivity index (χ4n) is 1.38. The molecule has 0 aromatic heterocycles. The molecule has 82 valence electrons. The van der Waals surface area contributed by atoms with E-state index in [1.54, 1.807) is 0 Å². The SMILES string of the molecule is CC(C)=C(CC(C)C)C(=S)C(C)(C)C. The summed E-state index contributed by atoms with van der Waals surface area (Å²) in [6.45, 7) is 15.4. The minimum absolute atomic E-state index is 0.122. The molecule has 0 saturated carbocycles. The van der Waals surface area contributed by atoms with Crippen LogP contribution in [0, 0.1) is 11.3 Å². The number of rotatable bonds is 3. The number of thiocarbonyl (C=S) groups is 1.